The third-order valence-corrected chi connectivity index (χ3v) is 6.36. The van der Waals surface area contributed by atoms with Crippen LogP contribution in [0.4, 0.5) is 29.3 Å². The van der Waals surface area contributed by atoms with Gasteiger partial charge in [-0.1, -0.05) is 29.8 Å². The average molecular weight is 540 g/mol. The first-order valence-electron chi connectivity index (χ1n) is 12.7. The molecule has 0 radical (unpaired) electrons. The standard InChI is InChI=1S/C30H32F3N3O3/c1-20-5-14-25(26(19-20)21-6-8-22(9-7-21)30(31,32)33)27(37)34-23-10-12-24(13-11-23)35-15-17-36(18-16-35)28(38)39-29(2,3)4/h5-14,19H,15-18H2,1-4H3,(H,34,37). The fourth-order valence-electron chi connectivity index (χ4n) is 4.36. The Balaban J connectivity index is 1.42. The van der Waals surface area contributed by atoms with Crippen molar-refractivity contribution in [3.63, 3.8) is 0 Å². The molecule has 0 bridgehead atoms. The molecule has 206 valence electrons. The summed E-state index contributed by atoms with van der Waals surface area (Å²) in [5, 5.41) is 2.89. The summed E-state index contributed by atoms with van der Waals surface area (Å²) in [6.45, 7) is 9.81. The topological polar surface area (TPSA) is 61.9 Å². The van der Waals surface area contributed by atoms with Crippen molar-refractivity contribution in [3.8, 4) is 11.1 Å². The Morgan fingerprint density at radius 2 is 1.46 bits per heavy atom. The van der Waals surface area contributed by atoms with Crippen LogP contribution < -0.4 is 10.2 Å². The molecular weight excluding hydrogens is 507 g/mol. The highest BCUT2D eigenvalue weighted by Gasteiger charge is 2.30. The maximum Gasteiger partial charge on any atom is 0.416 e. The number of anilines is 2. The lowest BCUT2D eigenvalue weighted by Gasteiger charge is -2.36. The third kappa shape index (κ3) is 7.10. The predicted octanol–water partition coefficient (Wildman–Crippen LogP) is 6.99. The Morgan fingerprint density at radius 1 is 0.846 bits per heavy atom. The largest absolute Gasteiger partial charge is 0.444 e. The van der Waals surface area contributed by atoms with E-state index in [0.717, 1.165) is 23.4 Å². The molecule has 1 saturated heterocycles. The molecule has 1 fully saturated rings. The van der Waals surface area contributed by atoms with Crippen LogP contribution in [-0.4, -0.2) is 48.7 Å². The number of benzene rings is 3. The molecule has 0 aromatic heterocycles. The van der Waals surface area contributed by atoms with E-state index in [1.165, 1.54) is 12.1 Å². The van der Waals surface area contributed by atoms with Crippen LogP contribution in [0.2, 0.25) is 0 Å². The SMILES string of the molecule is Cc1ccc(C(=O)Nc2ccc(N3CCN(C(=O)OC(C)(C)C)CC3)cc2)c(-c2ccc(C(F)(F)F)cc2)c1. The minimum atomic E-state index is -4.43. The summed E-state index contributed by atoms with van der Waals surface area (Å²) in [7, 11) is 0. The number of nitrogens with zero attached hydrogens (tertiary/aromatic N) is 2. The molecule has 6 nitrogen and oxygen atoms in total. The summed E-state index contributed by atoms with van der Waals surface area (Å²) >= 11 is 0. The van der Waals surface area contributed by atoms with E-state index in [0.29, 0.717) is 48.6 Å². The zero-order valence-electron chi connectivity index (χ0n) is 22.4. The molecule has 0 atom stereocenters. The third-order valence-electron chi connectivity index (χ3n) is 6.36. The number of hydrogen-bond acceptors (Lipinski definition) is 4. The van der Waals surface area contributed by atoms with E-state index >= 15 is 0 Å². The van der Waals surface area contributed by atoms with E-state index in [4.69, 9.17) is 4.74 Å². The summed E-state index contributed by atoms with van der Waals surface area (Å²) < 4.78 is 44.4. The first-order valence-corrected chi connectivity index (χ1v) is 12.7. The maximum absolute atomic E-state index is 13.2. The monoisotopic (exact) mass is 539 g/mol. The summed E-state index contributed by atoms with van der Waals surface area (Å²) in [6, 6.07) is 17.5. The molecule has 1 aliphatic rings. The molecule has 39 heavy (non-hydrogen) atoms. The smallest absolute Gasteiger partial charge is 0.416 e. The number of piperazine rings is 1. The van der Waals surface area contributed by atoms with Gasteiger partial charge in [0.05, 0.1) is 5.56 Å². The minimum Gasteiger partial charge on any atom is -0.444 e. The van der Waals surface area contributed by atoms with Crippen LogP contribution in [-0.2, 0) is 10.9 Å². The van der Waals surface area contributed by atoms with Gasteiger partial charge in [0.15, 0.2) is 0 Å². The molecular formula is C30H32F3N3O3. The molecule has 9 heteroatoms. The van der Waals surface area contributed by atoms with E-state index < -0.39 is 17.3 Å². The van der Waals surface area contributed by atoms with Crippen molar-refractivity contribution < 1.29 is 27.5 Å². The number of nitrogens with one attached hydrogen (secondary N) is 1. The molecule has 1 aliphatic heterocycles. The average Bonchev–Trinajstić information content (AvgIpc) is 2.88. The highest BCUT2D eigenvalue weighted by atomic mass is 19.4. The Kier molecular flexibility index (Phi) is 7.90. The zero-order chi connectivity index (χ0) is 28.4. The second-order valence-corrected chi connectivity index (χ2v) is 10.6. The van der Waals surface area contributed by atoms with E-state index in [1.54, 1.807) is 35.2 Å². The molecule has 0 spiro atoms. The van der Waals surface area contributed by atoms with Crippen LogP contribution in [0, 0.1) is 6.92 Å². The van der Waals surface area contributed by atoms with Gasteiger partial charge in [-0.3, -0.25) is 4.79 Å². The van der Waals surface area contributed by atoms with Gasteiger partial charge in [0.1, 0.15) is 5.60 Å². The van der Waals surface area contributed by atoms with Crippen molar-refractivity contribution in [2.75, 3.05) is 36.4 Å². The van der Waals surface area contributed by atoms with Gasteiger partial charge in [0, 0.05) is 43.1 Å². The van der Waals surface area contributed by atoms with Crippen LogP contribution in [0.3, 0.4) is 0 Å². The molecule has 0 unspecified atom stereocenters. The molecule has 3 aromatic carbocycles. The van der Waals surface area contributed by atoms with Gasteiger partial charge >= 0.3 is 12.3 Å². The number of carbonyl (C=O) groups is 2. The Morgan fingerprint density at radius 3 is 2.03 bits per heavy atom. The quantitative estimate of drug-likeness (QED) is 0.388. The molecule has 3 aromatic rings. The number of aryl methyl sites for hydroxylation is 1. The van der Waals surface area contributed by atoms with E-state index in [9.17, 15) is 22.8 Å². The van der Waals surface area contributed by atoms with Crippen LogP contribution in [0.5, 0.6) is 0 Å². The maximum atomic E-state index is 13.2. The normalized spacial score (nSPS) is 14.2. The van der Waals surface area contributed by atoms with Gasteiger partial charge in [-0.15, -0.1) is 0 Å². The molecule has 1 heterocycles. The Hall–Kier alpha value is -4.01. The zero-order valence-corrected chi connectivity index (χ0v) is 22.4. The number of hydrogen-bond donors (Lipinski definition) is 1. The van der Waals surface area contributed by atoms with Gasteiger partial charge < -0.3 is 19.9 Å². The second kappa shape index (κ2) is 11.0. The van der Waals surface area contributed by atoms with Crippen molar-refractivity contribution in [2.24, 2.45) is 0 Å². The van der Waals surface area contributed by atoms with Crippen LogP contribution >= 0.6 is 0 Å². The summed E-state index contributed by atoms with van der Waals surface area (Å²) in [4.78, 5) is 29.4. The van der Waals surface area contributed by atoms with E-state index in [1.807, 2.05) is 39.8 Å². The van der Waals surface area contributed by atoms with Crippen molar-refractivity contribution >= 4 is 23.4 Å². The molecule has 1 N–H and O–H groups in total. The van der Waals surface area contributed by atoms with E-state index in [2.05, 4.69) is 10.2 Å². The molecule has 0 saturated carbocycles. The number of alkyl halides is 3. The van der Waals surface area contributed by atoms with Gasteiger partial charge in [0.2, 0.25) is 0 Å². The van der Waals surface area contributed by atoms with Crippen LogP contribution in [0.1, 0.15) is 42.3 Å². The molecule has 4 rings (SSSR count). The summed E-state index contributed by atoms with van der Waals surface area (Å²) in [5.41, 5.74) is 2.62. The summed E-state index contributed by atoms with van der Waals surface area (Å²) in [6.07, 6.45) is -4.74. The highest BCUT2D eigenvalue weighted by Crippen LogP contribution is 2.32. The number of carbonyl (C=O) groups excluding carboxylic acids is 2. The first-order chi connectivity index (χ1) is 18.3. The summed E-state index contributed by atoms with van der Waals surface area (Å²) in [5.74, 6) is -0.358. The van der Waals surface area contributed by atoms with Gasteiger partial charge in [-0.25, -0.2) is 4.79 Å². The van der Waals surface area contributed by atoms with E-state index in [-0.39, 0.29) is 12.0 Å². The lowest BCUT2D eigenvalue weighted by molar-refractivity contribution is -0.137. The van der Waals surface area contributed by atoms with Gasteiger partial charge in [-0.05, 0) is 81.3 Å². The highest BCUT2D eigenvalue weighted by molar-refractivity contribution is 6.08. The lowest BCUT2D eigenvalue weighted by Crippen LogP contribution is -2.50. The van der Waals surface area contributed by atoms with Crippen molar-refractivity contribution in [2.45, 2.75) is 39.5 Å². The van der Waals surface area contributed by atoms with Crippen molar-refractivity contribution in [3.05, 3.63) is 83.4 Å². The Labute approximate surface area is 226 Å². The fourth-order valence-corrected chi connectivity index (χ4v) is 4.36. The first kappa shape index (κ1) is 28.0. The number of halogens is 3. The van der Waals surface area contributed by atoms with Gasteiger partial charge in [0.25, 0.3) is 5.91 Å². The lowest BCUT2D eigenvalue weighted by atomic mass is 9.96. The van der Waals surface area contributed by atoms with Crippen molar-refractivity contribution in [1.82, 2.24) is 4.90 Å². The molecule has 0 aliphatic carbocycles. The van der Waals surface area contributed by atoms with Crippen LogP contribution in [0.15, 0.2) is 66.7 Å². The number of amides is 2. The Bertz CT molecular complexity index is 1320. The molecule has 2 amide bonds. The van der Waals surface area contributed by atoms with Crippen LogP contribution in [0.25, 0.3) is 11.1 Å². The predicted molar refractivity (Wildman–Crippen MR) is 146 cm³/mol. The number of rotatable bonds is 4. The second-order valence-electron chi connectivity index (χ2n) is 10.6. The van der Waals surface area contributed by atoms with Crippen molar-refractivity contribution in [1.29, 1.82) is 0 Å². The number of ether oxygens (including phenoxy) is 1. The van der Waals surface area contributed by atoms with Gasteiger partial charge in [-0.2, -0.15) is 13.2 Å². The fraction of sp³-hybridized carbons (Fsp3) is 0.333. The minimum absolute atomic E-state index is 0.313.